The molecule has 0 radical (unpaired) electrons. The van der Waals surface area contributed by atoms with Crippen LogP contribution in [0.3, 0.4) is 0 Å². The standard InChI is InChI=1S/C13H27N3O/c1-14-11-13(3-9-17-10-4-13)12-16-7-5-15(2)6-8-16/h14H,3-12H2,1-2H3. The molecule has 0 bridgehead atoms. The molecule has 0 saturated carbocycles. The van der Waals surface area contributed by atoms with Crippen molar-refractivity contribution in [3.05, 3.63) is 0 Å². The Kier molecular flexibility index (Phi) is 4.79. The molecule has 2 fully saturated rings. The lowest BCUT2D eigenvalue weighted by molar-refractivity contribution is -0.0101. The third kappa shape index (κ3) is 3.65. The van der Waals surface area contributed by atoms with Gasteiger partial charge in [0.05, 0.1) is 0 Å². The molecule has 0 aromatic rings. The van der Waals surface area contributed by atoms with Crippen molar-refractivity contribution in [2.24, 2.45) is 5.41 Å². The van der Waals surface area contributed by atoms with Gasteiger partial charge in [-0.1, -0.05) is 0 Å². The maximum atomic E-state index is 5.52. The van der Waals surface area contributed by atoms with Crippen LogP contribution < -0.4 is 5.32 Å². The topological polar surface area (TPSA) is 27.7 Å². The van der Waals surface area contributed by atoms with Crippen molar-refractivity contribution in [1.29, 1.82) is 0 Å². The molecule has 4 nitrogen and oxygen atoms in total. The molecule has 2 aliphatic heterocycles. The van der Waals surface area contributed by atoms with Crippen LogP contribution in [0, 0.1) is 5.41 Å². The molecule has 0 amide bonds. The van der Waals surface area contributed by atoms with Crippen LogP contribution in [0.25, 0.3) is 0 Å². The third-order valence-electron chi connectivity index (χ3n) is 4.26. The first-order valence-electron chi connectivity index (χ1n) is 6.87. The van der Waals surface area contributed by atoms with Crippen LogP contribution in [-0.4, -0.2) is 76.4 Å². The molecule has 0 atom stereocenters. The first-order chi connectivity index (χ1) is 8.24. The van der Waals surface area contributed by atoms with E-state index in [0.717, 1.165) is 19.8 Å². The second-order valence-corrected chi connectivity index (χ2v) is 5.72. The molecule has 2 rings (SSSR count). The first-order valence-corrected chi connectivity index (χ1v) is 6.87. The molecular weight excluding hydrogens is 214 g/mol. The van der Waals surface area contributed by atoms with E-state index in [-0.39, 0.29) is 0 Å². The quantitative estimate of drug-likeness (QED) is 0.763. The van der Waals surface area contributed by atoms with Crippen molar-refractivity contribution in [2.75, 3.05) is 66.6 Å². The van der Waals surface area contributed by atoms with Gasteiger partial charge in [-0.3, -0.25) is 0 Å². The molecule has 17 heavy (non-hydrogen) atoms. The summed E-state index contributed by atoms with van der Waals surface area (Å²) in [7, 11) is 4.29. The highest BCUT2D eigenvalue weighted by atomic mass is 16.5. The van der Waals surface area contributed by atoms with E-state index in [0.29, 0.717) is 5.41 Å². The van der Waals surface area contributed by atoms with Gasteiger partial charge >= 0.3 is 0 Å². The monoisotopic (exact) mass is 241 g/mol. The molecule has 0 aliphatic carbocycles. The largest absolute Gasteiger partial charge is 0.381 e. The number of hydrogen-bond donors (Lipinski definition) is 1. The van der Waals surface area contributed by atoms with Crippen LogP contribution in [0.5, 0.6) is 0 Å². The summed E-state index contributed by atoms with van der Waals surface area (Å²) in [5.74, 6) is 0. The number of nitrogens with one attached hydrogen (secondary N) is 1. The predicted molar refractivity (Wildman–Crippen MR) is 70.3 cm³/mol. The zero-order valence-corrected chi connectivity index (χ0v) is 11.4. The maximum absolute atomic E-state index is 5.52. The molecule has 0 aromatic carbocycles. The summed E-state index contributed by atoms with van der Waals surface area (Å²) in [6.07, 6.45) is 2.42. The van der Waals surface area contributed by atoms with Crippen LogP contribution >= 0.6 is 0 Å². The van der Waals surface area contributed by atoms with Gasteiger partial charge in [-0.2, -0.15) is 0 Å². The van der Waals surface area contributed by atoms with Crippen molar-refractivity contribution < 1.29 is 4.74 Å². The van der Waals surface area contributed by atoms with Gasteiger partial charge in [0.15, 0.2) is 0 Å². The fourth-order valence-corrected chi connectivity index (χ4v) is 3.05. The molecule has 2 heterocycles. The van der Waals surface area contributed by atoms with E-state index in [2.05, 4.69) is 29.2 Å². The second-order valence-electron chi connectivity index (χ2n) is 5.72. The summed E-state index contributed by atoms with van der Waals surface area (Å²) in [5.41, 5.74) is 0.447. The van der Waals surface area contributed by atoms with Gasteiger partial charge in [0, 0.05) is 52.5 Å². The van der Waals surface area contributed by atoms with Crippen LogP contribution in [0.15, 0.2) is 0 Å². The molecule has 0 aromatic heterocycles. The number of likely N-dealkylation sites (N-methyl/N-ethyl adjacent to an activating group) is 1. The third-order valence-corrected chi connectivity index (χ3v) is 4.26. The summed E-state index contributed by atoms with van der Waals surface area (Å²) in [5, 5.41) is 3.38. The van der Waals surface area contributed by atoms with Crippen molar-refractivity contribution in [1.82, 2.24) is 15.1 Å². The van der Waals surface area contributed by atoms with E-state index in [1.54, 1.807) is 0 Å². The number of rotatable bonds is 4. The van der Waals surface area contributed by atoms with Crippen LogP contribution in [0.1, 0.15) is 12.8 Å². The normalized spacial score (nSPS) is 27.2. The SMILES string of the molecule is CNCC1(CN2CCN(C)CC2)CCOCC1. The minimum absolute atomic E-state index is 0.447. The lowest BCUT2D eigenvalue weighted by Crippen LogP contribution is -2.52. The van der Waals surface area contributed by atoms with Crippen LogP contribution in [0.4, 0.5) is 0 Å². The van der Waals surface area contributed by atoms with Crippen molar-refractivity contribution in [3.63, 3.8) is 0 Å². The van der Waals surface area contributed by atoms with Crippen molar-refractivity contribution in [3.8, 4) is 0 Å². The van der Waals surface area contributed by atoms with Gasteiger partial charge in [0.2, 0.25) is 0 Å². The van der Waals surface area contributed by atoms with E-state index in [9.17, 15) is 0 Å². The molecule has 1 N–H and O–H groups in total. The Labute approximate surface area is 105 Å². The molecule has 2 saturated heterocycles. The van der Waals surface area contributed by atoms with E-state index < -0.39 is 0 Å². The maximum Gasteiger partial charge on any atom is 0.0472 e. The average molecular weight is 241 g/mol. The van der Waals surface area contributed by atoms with Gasteiger partial charge in [-0.25, -0.2) is 0 Å². The number of piperazine rings is 1. The average Bonchev–Trinajstić information content (AvgIpc) is 2.34. The lowest BCUT2D eigenvalue weighted by atomic mass is 9.79. The Morgan fingerprint density at radius 2 is 1.76 bits per heavy atom. The molecule has 2 aliphatic rings. The minimum atomic E-state index is 0.447. The highest BCUT2D eigenvalue weighted by Gasteiger charge is 2.34. The number of nitrogens with zero attached hydrogens (tertiary/aromatic N) is 2. The highest BCUT2D eigenvalue weighted by molar-refractivity contribution is 4.88. The van der Waals surface area contributed by atoms with Gasteiger partial charge in [0.1, 0.15) is 0 Å². The first kappa shape index (κ1) is 13.3. The molecule has 4 heteroatoms. The minimum Gasteiger partial charge on any atom is -0.381 e. The summed E-state index contributed by atoms with van der Waals surface area (Å²) < 4.78 is 5.52. The van der Waals surface area contributed by atoms with Gasteiger partial charge in [-0.05, 0) is 32.4 Å². The smallest absolute Gasteiger partial charge is 0.0472 e. The molecule has 0 spiro atoms. The molecular formula is C13H27N3O. The Morgan fingerprint density at radius 3 is 2.35 bits per heavy atom. The fourth-order valence-electron chi connectivity index (χ4n) is 3.05. The molecule has 0 unspecified atom stereocenters. The van der Waals surface area contributed by atoms with E-state index >= 15 is 0 Å². The van der Waals surface area contributed by atoms with Crippen molar-refractivity contribution in [2.45, 2.75) is 12.8 Å². The lowest BCUT2D eigenvalue weighted by Gasteiger charge is -2.43. The number of hydrogen-bond acceptors (Lipinski definition) is 4. The Balaban J connectivity index is 1.88. The fraction of sp³-hybridized carbons (Fsp3) is 1.00. The summed E-state index contributed by atoms with van der Waals surface area (Å²) in [4.78, 5) is 5.06. The van der Waals surface area contributed by atoms with Crippen molar-refractivity contribution >= 4 is 0 Å². The molecule has 100 valence electrons. The van der Waals surface area contributed by atoms with E-state index in [4.69, 9.17) is 4.74 Å². The van der Waals surface area contributed by atoms with Gasteiger partial charge in [0.25, 0.3) is 0 Å². The summed E-state index contributed by atoms with van der Waals surface area (Å²) >= 11 is 0. The van der Waals surface area contributed by atoms with Gasteiger partial charge < -0.3 is 19.9 Å². The summed E-state index contributed by atoms with van der Waals surface area (Å²) in [6, 6.07) is 0. The zero-order valence-electron chi connectivity index (χ0n) is 11.4. The van der Waals surface area contributed by atoms with Crippen LogP contribution in [0.2, 0.25) is 0 Å². The predicted octanol–water partition coefficient (Wildman–Crippen LogP) is 0.250. The summed E-state index contributed by atoms with van der Waals surface area (Å²) in [6.45, 7) is 9.13. The zero-order chi connectivity index (χ0) is 12.1. The van der Waals surface area contributed by atoms with E-state index in [1.165, 1.54) is 45.6 Å². The van der Waals surface area contributed by atoms with Gasteiger partial charge in [-0.15, -0.1) is 0 Å². The number of ether oxygens (including phenoxy) is 1. The van der Waals surface area contributed by atoms with Crippen LogP contribution in [-0.2, 0) is 4.74 Å². The highest BCUT2D eigenvalue weighted by Crippen LogP contribution is 2.31. The second kappa shape index (κ2) is 6.14. The Morgan fingerprint density at radius 1 is 1.12 bits per heavy atom. The van der Waals surface area contributed by atoms with E-state index in [1.807, 2.05) is 0 Å². The Bertz CT molecular complexity index is 215. The Hall–Kier alpha value is -0.160.